The van der Waals surface area contributed by atoms with Gasteiger partial charge in [-0.05, 0) is 43.5 Å². The molecule has 0 heterocycles. The molecule has 0 unspecified atom stereocenters. The van der Waals surface area contributed by atoms with Crippen LogP contribution in [0, 0.1) is 13.8 Å². The van der Waals surface area contributed by atoms with E-state index in [1.807, 2.05) is 51.1 Å². The highest BCUT2D eigenvalue weighted by atomic mass is 16.5. The second kappa shape index (κ2) is 10.3. The molecule has 0 atom stereocenters. The lowest BCUT2D eigenvalue weighted by atomic mass is 10.1. The number of aryl methyl sites for hydroxylation is 2. The van der Waals surface area contributed by atoms with Crippen LogP contribution in [-0.2, 0) is 9.59 Å². The van der Waals surface area contributed by atoms with Crippen molar-refractivity contribution in [3.63, 3.8) is 0 Å². The Morgan fingerprint density at radius 3 is 2.36 bits per heavy atom. The summed E-state index contributed by atoms with van der Waals surface area (Å²) in [7, 11) is 1.54. The van der Waals surface area contributed by atoms with Gasteiger partial charge in [-0.1, -0.05) is 37.3 Å². The first kappa shape index (κ1) is 21.3. The Morgan fingerprint density at radius 2 is 1.71 bits per heavy atom. The molecular weight excluding hydrogens is 356 g/mol. The number of benzene rings is 2. The van der Waals surface area contributed by atoms with Crippen LogP contribution < -0.4 is 14.8 Å². The topological polar surface area (TPSA) is 67.9 Å². The van der Waals surface area contributed by atoms with Crippen molar-refractivity contribution >= 4 is 17.5 Å². The number of carbonyl (C=O) groups is 2. The molecule has 0 spiro atoms. The molecule has 0 aliphatic carbocycles. The van der Waals surface area contributed by atoms with Gasteiger partial charge in [0.05, 0.1) is 19.3 Å². The minimum absolute atomic E-state index is 0.0408. The van der Waals surface area contributed by atoms with Crippen molar-refractivity contribution in [3.8, 4) is 11.5 Å². The summed E-state index contributed by atoms with van der Waals surface area (Å²) >= 11 is 0. The van der Waals surface area contributed by atoms with E-state index in [0.29, 0.717) is 23.7 Å². The standard InChI is InChI=1S/C22H28N2O4/c1-5-13-24(14-20(25)23-18-11-6-7-12-19(18)27-4)21(26)15-28-22-16(2)9-8-10-17(22)3/h6-12H,5,13-15H2,1-4H3,(H,23,25). The van der Waals surface area contributed by atoms with Gasteiger partial charge < -0.3 is 19.7 Å². The van der Waals surface area contributed by atoms with E-state index < -0.39 is 0 Å². The number of anilines is 1. The number of rotatable bonds is 9. The van der Waals surface area contributed by atoms with Crippen molar-refractivity contribution in [2.45, 2.75) is 27.2 Å². The second-order valence-corrected chi connectivity index (χ2v) is 6.57. The molecule has 2 amide bonds. The molecule has 0 aliphatic heterocycles. The third kappa shape index (κ3) is 5.74. The molecule has 150 valence electrons. The summed E-state index contributed by atoms with van der Waals surface area (Å²) in [6.07, 6.45) is 0.747. The summed E-state index contributed by atoms with van der Waals surface area (Å²) in [6, 6.07) is 13.0. The van der Waals surface area contributed by atoms with Crippen molar-refractivity contribution in [1.82, 2.24) is 4.90 Å². The summed E-state index contributed by atoms with van der Waals surface area (Å²) in [6.45, 7) is 6.18. The van der Waals surface area contributed by atoms with Gasteiger partial charge >= 0.3 is 0 Å². The fourth-order valence-corrected chi connectivity index (χ4v) is 2.92. The third-order valence-corrected chi connectivity index (χ3v) is 4.31. The zero-order valence-electron chi connectivity index (χ0n) is 17.0. The average molecular weight is 384 g/mol. The largest absolute Gasteiger partial charge is 0.495 e. The van der Waals surface area contributed by atoms with E-state index in [4.69, 9.17) is 9.47 Å². The van der Waals surface area contributed by atoms with E-state index in [-0.39, 0.29) is 25.0 Å². The zero-order valence-corrected chi connectivity index (χ0v) is 17.0. The monoisotopic (exact) mass is 384 g/mol. The van der Waals surface area contributed by atoms with Crippen LogP contribution in [-0.4, -0.2) is 43.5 Å². The molecule has 6 heteroatoms. The molecule has 0 bridgehead atoms. The van der Waals surface area contributed by atoms with Crippen molar-refractivity contribution in [3.05, 3.63) is 53.6 Å². The molecule has 0 aliphatic rings. The van der Waals surface area contributed by atoms with E-state index in [9.17, 15) is 9.59 Å². The fraction of sp³-hybridized carbons (Fsp3) is 0.364. The van der Waals surface area contributed by atoms with Gasteiger partial charge in [0, 0.05) is 6.54 Å². The van der Waals surface area contributed by atoms with Gasteiger partial charge in [0.2, 0.25) is 5.91 Å². The summed E-state index contributed by atoms with van der Waals surface area (Å²) < 4.78 is 11.0. The highest BCUT2D eigenvalue weighted by Gasteiger charge is 2.18. The van der Waals surface area contributed by atoms with Crippen LogP contribution in [0.1, 0.15) is 24.5 Å². The number of carbonyl (C=O) groups excluding carboxylic acids is 2. The maximum absolute atomic E-state index is 12.6. The van der Waals surface area contributed by atoms with E-state index in [2.05, 4.69) is 5.32 Å². The number of hydrogen-bond donors (Lipinski definition) is 1. The highest BCUT2D eigenvalue weighted by Crippen LogP contribution is 2.23. The summed E-state index contributed by atoms with van der Waals surface area (Å²) in [5.41, 5.74) is 2.53. The molecule has 6 nitrogen and oxygen atoms in total. The third-order valence-electron chi connectivity index (χ3n) is 4.31. The smallest absolute Gasteiger partial charge is 0.260 e. The van der Waals surface area contributed by atoms with Crippen molar-refractivity contribution < 1.29 is 19.1 Å². The maximum atomic E-state index is 12.6. The van der Waals surface area contributed by atoms with E-state index >= 15 is 0 Å². The Labute approximate surface area is 166 Å². The molecule has 0 saturated carbocycles. The lowest BCUT2D eigenvalue weighted by Crippen LogP contribution is -2.41. The Hall–Kier alpha value is -3.02. The number of amides is 2. The first-order valence-corrected chi connectivity index (χ1v) is 9.36. The lowest BCUT2D eigenvalue weighted by molar-refractivity contribution is -0.136. The molecule has 2 aromatic carbocycles. The molecule has 2 rings (SSSR count). The van der Waals surface area contributed by atoms with Gasteiger partial charge in [0.15, 0.2) is 6.61 Å². The minimum atomic E-state index is -0.279. The van der Waals surface area contributed by atoms with Crippen LogP contribution in [0.4, 0.5) is 5.69 Å². The van der Waals surface area contributed by atoms with Crippen molar-refractivity contribution in [2.24, 2.45) is 0 Å². The van der Waals surface area contributed by atoms with Crippen LogP contribution in [0.3, 0.4) is 0 Å². The van der Waals surface area contributed by atoms with Crippen LogP contribution >= 0.6 is 0 Å². The van der Waals surface area contributed by atoms with E-state index in [0.717, 1.165) is 17.5 Å². The summed E-state index contributed by atoms with van der Waals surface area (Å²) in [5, 5.41) is 2.80. The number of para-hydroxylation sites is 3. The minimum Gasteiger partial charge on any atom is -0.495 e. The molecule has 0 saturated heterocycles. The molecule has 1 N–H and O–H groups in total. The van der Waals surface area contributed by atoms with Gasteiger partial charge in [-0.3, -0.25) is 9.59 Å². The number of nitrogens with one attached hydrogen (secondary N) is 1. The van der Waals surface area contributed by atoms with E-state index in [1.54, 1.807) is 19.2 Å². The van der Waals surface area contributed by atoms with Crippen LogP contribution in [0.15, 0.2) is 42.5 Å². The van der Waals surface area contributed by atoms with Crippen molar-refractivity contribution in [2.75, 3.05) is 32.1 Å². The number of nitrogens with zero attached hydrogens (tertiary/aromatic N) is 1. The highest BCUT2D eigenvalue weighted by molar-refractivity contribution is 5.95. The Morgan fingerprint density at radius 1 is 1.04 bits per heavy atom. The lowest BCUT2D eigenvalue weighted by Gasteiger charge is -2.22. The van der Waals surface area contributed by atoms with Crippen LogP contribution in [0.5, 0.6) is 11.5 Å². The molecular formula is C22H28N2O4. The predicted molar refractivity (Wildman–Crippen MR) is 110 cm³/mol. The number of methoxy groups -OCH3 is 1. The van der Waals surface area contributed by atoms with Gasteiger partial charge in [-0.15, -0.1) is 0 Å². The molecule has 0 radical (unpaired) electrons. The van der Waals surface area contributed by atoms with Crippen LogP contribution in [0.25, 0.3) is 0 Å². The Balaban J connectivity index is 1.99. The first-order valence-electron chi connectivity index (χ1n) is 9.36. The molecule has 0 fully saturated rings. The van der Waals surface area contributed by atoms with Gasteiger partial charge in [-0.25, -0.2) is 0 Å². The number of ether oxygens (including phenoxy) is 2. The normalized spacial score (nSPS) is 10.3. The molecule has 28 heavy (non-hydrogen) atoms. The summed E-state index contributed by atoms with van der Waals surface area (Å²) in [5.74, 6) is 0.784. The van der Waals surface area contributed by atoms with Gasteiger partial charge in [0.1, 0.15) is 11.5 Å². The predicted octanol–water partition coefficient (Wildman–Crippen LogP) is 3.57. The van der Waals surface area contributed by atoms with Gasteiger partial charge in [-0.2, -0.15) is 0 Å². The van der Waals surface area contributed by atoms with Gasteiger partial charge in [0.25, 0.3) is 5.91 Å². The number of hydrogen-bond acceptors (Lipinski definition) is 4. The molecule has 0 aromatic heterocycles. The first-order chi connectivity index (χ1) is 13.5. The maximum Gasteiger partial charge on any atom is 0.260 e. The second-order valence-electron chi connectivity index (χ2n) is 6.57. The Bertz CT molecular complexity index is 800. The van der Waals surface area contributed by atoms with Crippen molar-refractivity contribution in [1.29, 1.82) is 0 Å². The average Bonchev–Trinajstić information content (AvgIpc) is 2.67. The van der Waals surface area contributed by atoms with E-state index in [1.165, 1.54) is 4.90 Å². The fourth-order valence-electron chi connectivity index (χ4n) is 2.92. The molecule has 2 aromatic rings. The van der Waals surface area contributed by atoms with Crippen LogP contribution in [0.2, 0.25) is 0 Å². The Kier molecular flexibility index (Phi) is 7.87. The quantitative estimate of drug-likeness (QED) is 0.718. The zero-order chi connectivity index (χ0) is 20.5. The SMILES string of the molecule is CCCN(CC(=O)Nc1ccccc1OC)C(=O)COc1c(C)cccc1C. The summed E-state index contributed by atoms with van der Waals surface area (Å²) in [4.78, 5) is 26.6.